The van der Waals surface area contributed by atoms with Gasteiger partial charge in [0.15, 0.2) is 0 Å². The standard InChI is InChI=1S/C43H83NO4/c1-3-5-7-9-11-13-15-17-19-20-21-22-23-24-25-27-29-31-33-35-37-41(46)43(48)40(39-45)44-42(47)38-36-34-32-30-28-26-18-16-14-12-10-8-6-4-2/h23-24,29,31,40-41,43,45-46,48H,3-22,25-28,30,32-39H2,1-2H3,(H,44,47)/b24-23+,31-29+. The molecule has 0 spiro atoms. The zero-order valence-corrected chi connectivity index (χ0v) is 32.1. The van der Waals surface area contributed by atoms with E-state index in [1.807, 2.05) is 0 Å². The van der Waals surface area contributed by atoms with Crippen molar-refractivity contribution in [2.75, 3.05) is 6.61 Å². The smallest absolute Gasteiger partial charge is 0.220 e. The number of carbonyl (C=O) groups is 1. The lowest BCUT2D eigenvalue weighted by molar-refractivity contribution is -0.124. The average molecular weight is 678 g/mol. The highest BCUT2D eigenvalue weighted by molar-refractivity contribution is 5.76. The molecule has 5 heteroatoms. The zero-order valence-electron chi connectivity index (χ0n) is 32.1. The number of amides is 1. The van der Waals surface area contributed by atoms with E-state index in [0.717, 1.165) is 44.9 Å². The molecule has 0 aromatic carbocycles. The molecular formula is C43H83NO4. The summed E-state index contributed by atoms with van der Waals surface area (Å²) in [6, 6.07) is -0.827. The first-order valence-corrected chi connectivity index (χ1v) is 21.1. The minimum Gasteiger partial charge on any atom is -0.394 e. The van der Waals surface area contributed by atoms with Crippen LogP contribution in [0.5, 0.6) is 0 Å². The van der Waals surface area contributed by atoms with E-state index in [1.165, 1.54) is 148 Å². The van der Waals surface area contributed by atoms with Gasteiger partial charge in [-0.2, -0.15) is 0 Å². The Labute approximate surface area is 299 Å². The molecule has 0 aromatic rings. The van der Waals surface area contributed by atoms with Crippen molar-refractivity contribution in [3.63, 3.8) is 0 Å². The summed E-state index contributed by atoms with van der Waals surface area (Å²) in [5, 5.41) is 33.4. The molecule has 0 saturated heterocycles. The van der Waals surface area contributed by atoms with Gasteiger partial charge in [-0.25, -0.2) is 0 Å². The van der Waals surface area contributed by atoms with Gasteiger partial charge >= 0.3 is 0 Å². The lowest BCUT2D eigenvalue weighted by Crippen LogP contribution is -2.50. The van der Waals surface area contributed by atoms with E-state index in [1.54, 1.807) is 0 Å². The van der Waals surface area contributed by atoms with Gasteiger partial charge in [0, 0.05) is 6.42 Å². The monoisotopic (exact) mass is 678 g/mol. The Hall–Kier alpha value is -1.17. The molecule has 0 heterocycles. The minimum absolute atomic E-state index is 0.157. The Morgan fingerprint density at radius 2 is 0.854 bits per heavy atom. The molecule has 1 amide bonds. The van der Waals surface area contributed by atoms with Gasteiger partial charge in [-0.05, 0) is 51.4 Å². The molecule has 284 valence electrons. The number of unbranched alkanes of at least 4 members (excludes halogenated alkanes) is 26. The maximum Gasteiger partial charge on any atom is 0.220 e. The molecule has 5 nitrogen and oxygen atoms in total. The van der Waals surface area contributed by atoms with Crippen LogP contribution in [0.1, 0.15) is 219 Å². The Kier molecular flexibility index (Phi) is 37.7. The van der Waals surface area contributed by atoms with Crippen molar-refractivity contribution >= 4 is 5.91 Å². The molecule has 0 rings (SSSR count). The lowest BCUT2D eigenvalue weighted by Gasteiger charge is -2.26. The summed E-state index contributed by atoms with van der Waals surface area (Å²) in [5.41, 5.74) is 0. The van der Waals surface area contributed by atoms with Crippen molar-refractivity contribution in [2.45, 2.75) is 238 Å². The fourth-order valence-electron chi connectivity index (χ4n) is 6.47. The number of rotatable bonds is 38. The van der Waals surface area contributed by atoms with Gasteiger partial charge < -0.3 is 20.6 Å². The fraction of sp³-hybridized carbons (Fsp3) is 0.884. The Bertz CT molecular complexity index is 709. The van der Waals surface area contributed by atoms with Crippen LogP contribution in [0.25, 0.3) is 0 Å². The number of nitrogens with one attached hydrogen (secondary N) is 1. The van der Waals surface area contributed by atoms with E-state index in [0.29, 0.717) is 12.8 Å². The first kappa shape index (κ1) is 46.8. The zero-order chi connectivity index (χ0) is 35.2. The second-order valence-corrected chi connectivity index (χ2v) is 14.5. The highest BCUT2D eigenvalue weighted by Crippen LogP contribution is 2.15. The van der Waals surface area contributed by atoms with E-state index in [-0.39, 0.29) is 12.5 Å². The van der Waals surface area contributed by atoms with Gasteiger partial charge in [0.1, 0.15) is 6.10 Å². The predicted molar refractivity (Wildman–Crippen MR) is 208 cm³/mol. The van der Waals surface area contributed by atoms with E-state index < -0.39 is 18.2 Å². The Morgan fingerprint density at radius 3 is 1.27 bits per heavy atom. The van der Waals surface area contributed by atoms with E-state index in [4.69, 9.17) is 0 Å². The van der Waals surface area contributed by atoms with Crippen LogP contribution in [0.2, 0.25) is 0 Å². The third-order valence-corrected chi connectivity index (χ3v) is 9.79. The largest absolute Gasteiger partial charge is 0.394 e. The van der Waals surface area contributed by atoms with Crippen molar-refractivity contribution in [1.29, 1.82) is 0 Å². The highest BCUT2D eigenvalue weighted by Gasteiger charge is 2.26. The van der Waals surface area contributed by atoms with Crippen molar-refractivity contribution in [1.82, 2.24) is 5.32 Å². The number of allylic oxidation sites excluding steroid dienone is 4. The molecule has 0 radical (unpaired) electrons. The average Bonchev–Trinajstić information content (AvgIpc) is 3.09. The number of aliphatic hydroxyl groups excluding tert-OH is 3. The van der Waals surface area contributed by atoms with Gasteiger partial charge in [0.2, 0.25) is 5.91 Å². The van der Waals surface area contributed by atoms with Gasteiger partial charge in [0.05, 0.1) is 18.8 Å². The third kappa shape index (κ3) is 33.3. The lowest BCUT2D eigenvalue weighted by atomic mass is 10.0. The summed E-state index contributed by atoms with van der Waals surface area (Å²) in [7, 11) is 0. The number of hydrogen-bond donors (Lipinski definition) is 4. The minimum atomic E-state index is -1.16. The summed E-state index contributed by atoms with van der Waals surface area (Å²) in [6.45, 7) is 4.16. The topological polar surface area (TPSA) is 89.8 Å². The van der Waals surface area contributed by atoms with Gasteiger partial charge in [-0.15, -0.1) is 0 Å². The molecule has 0 bridgehead atoms. The van der Waals surface area contributed by atoms with E-state index in [9.17, 15) is 20.1 Å². The van der Waals surface area contributed by atoms with Crippen molar-refractivity contribution in [2.24, 2.45) is 0 Å². The second kappa shape index (κ2) is 38.6. The first-order valence-electron chi connectivity index (χ1n) is 21.1. The van der Waals surface area contributed by atoms with Gasteiger partial charge in [-0.3, -0.25) is 4.79 Å². The Balaban J connectivity index is 3.70. The molecule has 0 aliphatic rings. The normalized spacial score (nSPS) is 13.9. The summed E-state index contributed by atoms with van der Waals surface area (Å²) >= 11 is 0. The van der Waals surface area contributed by atoms with Crippen LogP contribution in [-0.2, 0) is 4.79 Å². The van der Waals surface area contributed by atoms with E-state index in [2.05, 4.69) is 43.5 Å². The fourth-order valence-corrected chi connectivity index (χ4v) is 6.47. The van der Waals surface area contributed by atoms with E-state index >= 15 is 0 Å². The van der Waals surface area contributed by atoms with Crippen LogP contribution in [0.3, 0.4) is 0 Å². The van der Waals surface area contributed by atoms with Crippen LogP contribution < -0.4 is 5.32 Å². The molecule has 4 N–H and O–H groups in total. The van der Waals surface area contributed by atoms with Crippen LogP contribution in [0, 0.1) is 0 Å². The molecule has 0 saturated carbocycles. The number of aliphatic hydroxyl groups is 3. The highest BCUT2D eigenvalue weighted by atomic mass is 16.3. The molecule has 0 aromatic heterocycles. The first-order chi connectivity index (χ1) is 23.6. The Morgan fingerprint density at radius 1 is 0.500 bits per heavy atom. The number of hydrogen-bond acceptors (Lipinski definition) is 4. The second-order valence-electron chi connectivity index (χ2n) is 14.5. The summed E-state index contributed by atoms with van der Waals surface area (Å²) < 4.78 is 0. The van der Waals surface area contributed by atoms with Crippen molar-refractivity contribution < 1.29 is 20.1 Å². The van der Waals surface area contributed by atoms with Gasteiger partial charge in [-0.1, -0.05) is 186 Å². The van der Waals surface area contributed by atoms with Crippen LogP contribution in [0.4, 0.5) is 0 Å². The molecule has 0 aliphatic heterocycles. The van der Waals surface area contributed by atoms with Crippen LogP contribution in [-0.4, -0.2) is 46.1 Å². The summed E-state index contributed by atoms with van der Waals surface area (Å²) in [5.74, 6) is -0.157. The number of carbonyl (C=O) groups excluding carboxylic acids is 1. The SMILES string of the molecule is CCCCCCCCCCCCC/C=C/CC/C=C/CCCC(O)C(O)C(CO)NC(=O)CCCCCCCCCCCCCCCC. The molecule has 0 fully saturated rings. The third-order valence-electron chi connectivity index (χ3n) is 9.79. The quantitative estimate of drug-likeness (QED) is 0.0387. The van der Waals surface area contributed by atoms with Crippen molar-refractivity contribution in [3.05, 3.63) is 24.3 Å². The predicted octanol–water partition coefficient (Wildman–Crippen LogP) is 11.8. The van der Waals surface area contributed by atoms with Gasteiger partial charge in [0.25, 0.3) is 0 Å². The maximum atomic E-state index is 12.4. The molecule has 0 aliphatic carbocycles. The summed E-state index contributed by atoms with van der Waals surface area (Å²) in [4.78, 5) is 12.4. The van der Waals surface area contributed by atoms with Crippen molar-refractivity contribution in [3.8, 4) is 0 Å². The molecule has 3 unspecified atom stereocenters. The molecule has 48 heavy (non-hydrogen) atoms. The van der Waals surface area contributed by atoms with Crippen LogP contribution >= 0.6 is 0 Å². The molecular weight excluding hydrogens is 594 g/mol. The maximum absolute atomic E-state index is 12.4. The van der Waals surface area contributed by atoms with Crippen LogP contribution in [0.15, 0.2) is 24.3 Å². The molecule has 3 atom stereocenters. The summed E-state index contributed by atoms with van der Waals surface area (Å²) in [6.07, 6.45) is 45.7.